The van der Waals surface area contributed by atoms with E-state index < -0.39 is 20.2 Å². The van der Waals surface area contributed by atoms with Gasteiger partial charge in [0.1, 0.15) is 21.2 Å². The standard InChI is InChI=1S/C38H28N6O6S2/c39-37-31-7-3-1-5-29(31)35(51(45,46)47)21-33(37)43-41-27-17-13-25(14-18-27)23-9-11-24(12-10-23)26-15-19-28(20-16-26)42-44-34-22-36(52(48,49)50)30-6-2-4-8-32(30)38(34)40/h1-22H,39-40H2,(H,45,46,47)(H,48,49,50). The number of nitrogens with two attached hydrogens (primary N) is 2. The molecule has 0 atom stereocenters. The van der Waals surface area contributed by atoms with E-state index in [0.717, 1.165) is 22.3 Å². The van der Waals surface area contributed by atoms with Crippen molar-refractivity contribution >= 4 is 75.9 Å². The summed E-state index contributed by atoms with van der Waals surface area (Å²) in [5, 5.41) is 18.3. The molecule has 0 aromatic heterocycles. The van der Waals surface area contributed by atoms with Gasteiger partial charge in [0, 0.05) is 21.5 Å². The lowest BCUT2D eigenvalue weighted by Crippen LogP contribution is -2.01. The van der Waals surface area contributed by atoms with Crippen molar-refractivity contribution in [2.75, 3.05) is 11.5 Å². The molecule has 14 heteroatoms. The Morgan fingerprint density at radius 2 is 0.692 bits per heavy atom. The summed E-state index contributed by atoms with van der Waals surface area (Å²) in [5.41, 5.74) is 18.1. The molecule has 0 fully saturated rings. The Bertz CT molecular complexity index is 2600. The van der Waals surface area contributed by atoms with Gasteiger partial charge >= 0.3 is 0 Å². The predicted octanol–water partition coefficient (Wildman–Crippen LogP) is 9.82. The molecule has 0 heterocycles. The molecule has 0 bridgehead atoms. The van der Waals surface area contributed by atoms with Crippen LogP contribution in [0.1, 0.15) is 0 Å². The molecule has 0 radical (unpaired) electrons. The van der Waals surface area contributed by atoms with Crippen molar-refractivity contribution in [1.82, 2.24) is 0 Å². The Morgan fingerprint density at radius 1 is 0.404 bits per heavy atom. The molecule has 7 rings (SSSR count). The van der Waals surface area contributed by atoms with Gasteiger partial charge in [-0.25, -0.2) is 0 Å². The van der Waals surface area contributed by atoms with E-state index in [9.17, 15) is 25.9 Å². The Hall–Kier alpha value is -6.32. The zero-order chi connectivity index (χ0) is 36.6. The van der Waals surface area contributed by atoms with Crippen LogP contribution in [0.4, 0.5) is 34.1 Å². The third kappa shape index (κ3) is 6.86. The van der Waals surface area contributed by atoms with Gasteiger partial charge in [0.2, 0.25) is 0 Å². The summed E-state index contributed by atoms with van der Waals surface area (Å²) >= 11 is 0. The molecule has 0 aliphatic heterocycles. The van der Waals surface area contributed by atoms with E-state index in [2.05, 4.69) is 20.5 Å². The van der Waals surface area contributed by atoms with Crippen LogP contribution in [0.15, 0.2) is 164 Å². The molecule has 6 N–H and O–H groups in total. The van der Waals surface area contributed by atoms with E-state index in [1.54, 1.807) is 72.8 Å². The SMILES string of the molecule is Nc1c(N=Nc2ccc(-c3ccc(-c4ccc(N=Nc5cc(S(=O)(=O)O)c6ccccc6c5N)cc4)cc3)cc2)cc(S(=O)(=O)O)c2ccccc12. The Labute approximate surface area is 298 Å². The topological polar surface area (TPSA) is 210 Å². The van der Waals surface area contributed by atoms with Crippen LogP contribution in [0.2, 0.25) is 0 Å². The van der Waals surface area contributed by atoms with Crippen molar-refractivity contribution in [3.63, 3.8) is 0 Å². The van der Waals surface area contributed by atoms with E-state index in [0.29, 0.717) is 32.9 Å². The first-order valence-electron chi connectivity index (χ1n) is 15.6. The highest BCUT2D eigenvalue weighted by Crippen LogP contribution is 2.38. The van der Waals surface area contributed by atoms with E-state index in [-0.39, 0.29) is 32.5 Å². The Kier molecular flexibility index (Phi) is 8.82. The zero-order valence-electron chi connectivity index (χ0n) is 27.0. The highest BCUT2D eigenvalue weighted by Gasteiger charge is 2.20. The van der Waals surface area contributed by atoms with Crippen molar-refractivity contribution in [2.24, 2.45) is 20.5 Å². The Morgan fingerprint density at radius 3 is 1.00 bits per heavy atom. The van der Waals surface area contributed by atoms with Crippen LogP contribution >= 0.6 is 0 Å². The third-order valence-electron chi connectivity index (χ3n) is 8.44. The molecule has 12 nitrogen and oxygen atoms in total. The summed E-state index contributed by atoms with van der Waals surface area (Å²) in [4.78, 5) is -0.596. The van der Waals surface area contributed by atoms with Crippen molar-refractivity contribution in [1.29, 1.82) is 0 Å². The summed E-state index contributed by atoms with van der Waals surface area (Å²) in [6.45, 7) is 0. The number of azo groups is 2. The summed E-state index contributed by atoms with van der Waals surface area (Å²) in [6, 6.07) is 38.2. The third-order valence-corrected chi connectivity index (χ3v) is 10.2. The van der Waals surface area contributed by atoms with E-state index >= 15 is 0 Å². The minimum Gasteiger partial charge on any atom is -0.396 e. The van der Waals surface area contributed by atoms with Gasteiger partial charge in [-0.2, -0.15) is 27.1 Å². The molecule has 0 saturated heterocycles. The second-order valence-electron chi connectivity index (χ2n) is 11.7. The lowest BCUT2D eigenvalue weighted by atomic mass is 10.00. The quantitative estimate of drug-likeness (QED) is 0.0670. The second-order valence-corrected chi connectivity index (χ2v) is 14.5. The molecular formula is C38H28N6O6S2. The predicted molar refractivity (Wildman–Crippen MR) is 202 cm³/mol. The van der Waals surface area contributed by atoms with E-state index in [4.69, 9.17) is 11.5 Å². The molecule has 258 valence electrons. The molecule has 7 aromatic rings. The number of anilines is 2. The molecule has 0 aliphatic rings. The number of nitrogens with zero attached hydrogens (tertiary/aromatic N) is 4. The first-order valence-corrected chi connectivity index (χ1v) is 18.5. The zero-order valence-corrected chi connectivity index (χ0v) is 28.6. The van der Waals surface area contributed by atoms with Crippen molar-refractivity contribution < 1.29 is 25.9 Å². The van der Waals surface area contributed by atoms with E-state index in [1.165, 1.54) is 12.1 Å². The van der Waals surface area contributed by atoms with Crippen LogP contribution in [0, 0.1) is 0 Å². The van der Waals surface area contributed by atoms with Crippen LogP contribution in [-0.4, -0.2) is 25.9 Å². The molecule has 0 spiro atoms. The average Bonchev–Trinajstić information content (AvgIpc) is 3.14. The average molecular weight is 729 g/mol. The fraction of sp³-hybridized carbons (Fsp3) is 0. The normalized spacial score (nSPS) is 12.3. The van der Waals surface area contributed by atoms with Gasteiger partial charge in [0.15, 0.2) is 0 Å². The fourth-order valence-corrected chi connectivity index (χ4v) is 7.25. The maximum atomic E-state index is 12.0. The van der Waals surface area contributed by atoms with Crippen molar-refractivity contribution in [3.05, 3.63) is 133 Å². The molecule has 0 aliphatic carbocycles. The largest absolute Gasteiger partial charge is 0.396 e. The molecule has 52 heavy (non-hydrogen) atoms. The molecule has 0 saturated carbocycles. The van der Waals surface area contributed by atoms with Crippen LogP contribution in [0.5, 0.6) is 0 Å². The molecule has 7 aromatic carbocycles. The first-order chi connectivity index (χ1) is 24.9. The maximum absolute atomic E-state index is 12.0. The number of benzene rings is 7. The maximum Gasteiger partial charge on any atom is 0.295 e. The fourth-order valence-electron chi connectivity index (χ4n) is 5.81. The lowest BCUT2D eigenvalue weighted by Gasteiger charge is -2.09. The van der Waals surface area contributed by atoms with E-state index in [1.807, 2.05) is 48.5 Å². The van der Waals surface area contributed by atoms with Gasteiger partial charge in [-0.3, -0.25) is 9.11 Å². The summed E-state index contributed by atoms with van der Waals surface area (Å²) in [7, 11) is -9.05. The Balaban J connectivity index is 1.06. The summed E-state index contributed by atoms with van der Waals surface area (Å²) in [6.07, 6.45) is 0. The van der Waals surface area contributed by atoms with Gasteiger partial charge in [-0.15, -0.1) is 10.2 Å². The van der Waals surface area contributed by atoms with Crippen LogP contribution in [0.25, 0.3) is 43.8 Å². The van der Waals surface area contributed by atoms with Gasteiger partial charge in [-0.1, -0.05) is 97.1 Å². The summed E-state index contributed by atoms with van der Waals surface area (Å²) < 4.78 is 67.6. The number of hydrogen-bond acceptors (Lipinski definition) is 10. The van der Waals surface area contributed by atoms with Crippen LogP contribution < -0.4 is 11.5 Å². The van der Waals surface area contributed by atoms with Crippen LogP contribution in [-0.2, 0) is 20.2 Å². The molecule has 0 amide bonds. The summed E-state index contributed by atoms with van der Waals surface area (Å²) in [5.74, 6) is 0. The number of fused-ring (bicyclic) bond motifs is 2. The molecular weight excluding hydrogens is 701 g/mol. The number of hydrogen-bond donors (Lipinski definition) is 4. The highest BCUT2D eigenvalue weighted by atomic mass is 32.2. The molecule has 0 unspecified atom stereocenters. The van der Waals surface area contributed by atoms with Crippen molar-refractivity contribution in [3.8, 4) is 22.3 Å². The monoisotopic (exact) mass is 728 g/mol. The van der Waals surface area contributed by atoms with Crippen LogP contribution in [0.3, 0.4) is 0 Å². The second kappa shape index (κ2) is 13.4. The van der Waals surface area contributed by atoms with Gasteiger partial charge < -0.3 is 11.5 Å². The van der Waals surface area contributed by atoms with Gasteiger partial charge in [-0.05, 0) is 58.7 Å². The number of nitrogen functional groups attached to an aromatic ring is 2. The highest BCUT2D eigenvalue weighted by molar-refractivity contribution is 7.86. The lowest BCUT2D eigenvalue weighted by molar-refractivity contribution is 0.482. The smallest absolute Gasteiger partial charge is 0.295 e. The first kappa shape index (κ1) is 34.1. The number of rotatable bonds is 8. The minimum atomic E-state index is -4.53. The van der Waals surface area contributed by atoms with Gasteiger partial charge in [0.05, 0.1) is 22.7 Å². The minimum absolute atomic E-state index is 0.117. The van der Waals surface area contributed by atoms with Gasteiger partial charge in [0.25, 0.3) is 20.2 Å². The van der Waals surface area contributed by atoms with Crippen molar-refractivity contribution in [2.45, 2.75) is 9.79 Å².